The van der Waals surface area contributed by atoms with Gasteiger partial charge in [-0.15, -0.1) is 0 Å². The van der Waals surface area contributed by atoms with Gasteiger partial charge in [0.05, 0.1) is 12.3 Å². The molecule has 1 aromatic carbocycles. The van der Waals surface area contributed by atoms with Gasteiger partial charge in [-0.25, -0.2) is 18.7 Å². The second-order valence-electron chi connectivity index (χ2n) is 7.87. The van der Waals surface area contributed by atoms with Crippen LogP contribution in [-0.2, 0) is 23.3 Å². The van der Waals surface area contributed by atoms with Crippen molar-refractivity contribution in [3.63, 3.8) is 0 Å². The number of nitrogens with zero attached hydrogens (tertiary/aromatic N) is 3. The summed E-state index contributed by atoms with van der Waals surface area (Å²) in [5.41, 5.74) is 2.70. The first-order chi connectivity index (χ1) is 13.0. The van der Waals surface area contributed by atoms with Gasteiger partial charge >= 0.3 is 0 Å². The summed E-state index contributed by atoms with van der Waals surface area (Å²) < 4.78 is 32.9. The first-order valence-electron chi connectivity index (χ1n) is 9.63. The third-order valence-electron chi connectivity index (χ3n) is 5.63. The maximum Gasteiger partial charge on any atom is 0.159 e. The molecule has 27 heavy (non-hydrogen) atoms. The van der Waals surface area contributed by atoms with Crippen molar-refractivity contribution in [1.82, 2.24) is 14.9 Å². The molecule has 1 spiro atoms. The number of ether oxygens (including phenoxy) is 1. The number of halogens is 2. The highest BCUT2D eigenvalue weighted by Gasteiger charge is 2.42. The predicted octanol–water partition coefficient (Wildman–Crippen LogP) is 3.94. The molecule has 3 heterocycles. The predicted molar refractivity (Wildman–Crippen MR) is 98.3 cm³/mol. The molecule has 0 N–H and O–H groups in total. The molecule has 0 saturated carbocycles. The Bertz CT molecular complexity index is 832. The number of fused-ring (bicyclic) bond motifs is 2. The van der Waals surface area contributed by atoms with Gasteiger partial charge in [0.2, 0.25) is 0 Å². The highest BCUT2D eigenvalue weighted by molar-refractivity contribution is 5.28. The standard InChI is InChI=1S/C21H25F2N3O/c1-14(2)20-24-12-16-5-10-27-21(19(16)25-20)6-8-26(9-7-21)13-15-3-4-17(22)18(23)11-15/h3-4,11-12,14H,5-10,13H2,1-2H3. The average Bonchev–Trinajstić information content (AvgIpc) is 2.67. The molecule has 2 aliphatic rings. The van der Waals surface area contributed by atoms with Gasteiger partial charge in [0.1, 0.15) is 11.4 Å². The minimum absolute atomic E-state index is 0.280. The van der Waals surface area contributed by atoms with Crippen LogP contribution >= 0.6 is 0 Å². The van der Waals surface area contributed by atoms with E-state index in [1.807, 2.05) is 6.20 Å². The molecular formula is C21H25F2N3O. The van der Waals surface area contributed by atoms with E-state index in [2.05, 4.69) is 23.7 Å². The first-order valence-corrected chi connectivity index (χ1v) is 9.63. The Morgan fingerprint density at radius 1 is 1.19 bits per heavy atom. The molecule has 0 amide bonds. The molecule has 4 nitrogen and oxygen atoms in total. The van der Waals surface area contributed by atoms with Gasteiger partial charge in [0.15, 0.2) is 11.6 Å². The summed E-state index contributed by atoms with van der Waals surface area (Å²) in [7, 11) is 0. The van der Waals surface area contributed by atoms with Crippen LogP contribution in [0.2, 0.25) is 0 Å². The fourth-order valence-electron chi connectivity index (χ4n) is 4.05. The quantitative estimate of drug-likeness (QED) is 0.817. The normalized spacial score (nSPS) is 19.4. The molecule has 2 aliphatic heterocycles. The van der Waals surface area contributed by atoms with Gasteiger partial charge in [-0.1, -0.05) is 19.9 Å². The summed E-state index contributed by atoms with van der Waals surface area (Å²) in [6.45, 7) is 7.17. The Kier molecular flexibility index (Phi) is 4.95. The van der Waals surface area contributed by atoms with Crippen LogP contribution in [0, 0.1) is 11.6 Å². The Morgan fingerprint density at radius 3 is 2.67 bits per heavy atom. The van der Waals surface area contributed by atoms with Gasteiger partial charge < -0.3 is 4.74 Å². The summed E-state index contributed by atoms with van der Waals surface area (Å²) in [5, 5.41) is 0. The molecule has 0 atom stereocenters. The Morgan fingerprint density at radius 2 is 1.96 bits per heavy atom. The van der Waals surface area contributed by atoms with Gasteiger partial charge in [-0.3, -0.25) is 4.90 Å². The maximum atomic E-state index is 13.5. The number of likely N-dealkylation sites (tertiary alicyclic amines) is 1. The van der Waals surface area contributed by atoms with Crippen LogP contribution in [0.25, 0.3) is 0 Å². The molecule has 1 aromatic heterocycles. The van der Waals surface area contributed by atoms with Gasteiger partial charge in [0, 0.05) is 31.7 Å². The smallest absolute Gasteiger partial charge is 0.159 e. The number of rotatable bonds is 3. The summed E-state index contributed by atoms with van der Waals surface area (Å²) >= 11 is 0. The van der Waals surface area contributed by atoms with Gasteiger partial charge in [-0.2, -0.15) is 0 Å². The van der Waals surface area contributed by atoms with Crippen molar-refractivity contribution in [2.24, 2.45) is 0 Å². The van der Waals surface area contributed by atoms with Crippen molar-refractivity contribution in [2.45, 2.75) is 51.2 Å². The van der Waals surface area contributed by atoms with Crippen molar-refractivity contribution in [2.75, 3.05) is 19.7 Å². The van der Waals surface area contributed by atoms with Crippen molar-refractivity contribution in [3.8, 4) is 0 Å². The molecule has 2 aromatic rings. The van der Waals surface area contributed by atoms with Crippen LogP contribution in [0.5, 0.6) is 0 Å². The zero-order valence-corrected chi connectivity index (χ0v) is 15.8. The minimum atomic E-state index is -0.802. The third-order valence-corrected chi connectivity index (χ3v) is 5.63. The van der Waals surface area contributed by atoms with Crippen LogP contribution in [0.1, 0.15) is 55.3 Å². The highest BCUT2D eigenvalue weighted by atomic mass is 19.2. The molecule has 0 radical (unpaired) electrons. The van der Waals surface area contributed by atoms with Crippen LogP contribution in [0.4, 0.5) is 8.78 Å². The minimum Gasteiger partial charge on any atom is -0.368 e. The fourth-order valence-corrected chi connectivity index (χ4v) is 4.05. The molecule has 1 saturated heterocycles. The lowest BCUT2D eigenvalue weighted by molar-refractivity contribution is -0.102. The largest absolute Gasteiger partial charge is 0.368 e. The number of benzene rings is 1. The van der Waals surface area contributed by atoms with Crippen LogP contribution in [0.15, 0.2) is 24.4 Å². The highest BCUT2D eigenvalue weighted by Crippen LogP contribution is 2.40. The molecule has 144 valence electrons. The monoisotopic (exact) mass is 373 g/mol. The number of hydrogen-bond donors (Lipinski definition) is 0. The van der Waals surface area contributed by atoms with E-state index in [1.165, 1.54) is 17.7 Å². The summed E-state index contributed by atoms with van der Waals surface area (Å²) in [6, 6.07) is 4.13. The van der Waals surface area contributed by atoms with Crippen molar-refractivity contribution < 1.29 is 13.5 Å². The van der Waals surface area contributed by atoms with Crippen LogP contribution in [0.3, 0.4) is 0 Å². The second-order valence-corrected chi connectivity index (χ2v) is 7.87. The zero-order chi connectivity index (χ0) is 19.0. The molecule has 0 aliphatic carbocycles. The van der Waals surface area contributed by atoms with Crippen molar-refractivity contribution >= 4 is 0 Å². The molecule has 6 heteroatoms. The lowest BCUT2D eigenvalue weighted by Crippen LogP contribution is -2.47. The van der Waals surface area contributed by atoms with E-state index in [1.54, 1.807) is 6.07 Å². The molecule has 4 rings (SSSR count). The Labute approximate surface area is 158 Å². The zero-order valence-electron chi connectivity index (χ0n) is 15.8. The maximum absolute atomic E-state index is 13.5. The Balaban J connectivity index is 1.50. The topological polar surface area (TPSA) is 38.2 Å². The van der Waals surface area contributed by atoms with E-state index in [0.29, 0.717) is 13.2 Å². The molecule has 0 bridgehead atoms. The Hall–Kier alpha value is -1.92. The van der Waals surface area contributed by atoms with E-state index in [-0.39, 0.29) is 11.5 Å². The second kappa shape index (κ2) is 7.24. The fraction of sp³-hybridized carbons (Fsp3) is 0.524. The first kappa shape index (κ1) is 18.4. The number of piperidine rings is 1. The van der Waals surface area contributed by atoms with E-state index in [9.17, 15) is 8.78 Å². The summed E-state index contributed by atoms with van der Waals surface area (Å²) in [5.74, 6) is -0.446. The van der Waals surface area contributed by atoms with Crippen LogP contribution < -0.4 is 0 Å². The molecule has 0 unspecified atom stereocenters. The molecular weight excluding hydrogens is 348 g/mol. The number of hydrogen-bond acceptors (Lipinski definition) is 4. The van der Waals surface area contributed by atoms with E-state index in [0.717, 1.165) is 49.4 Å². The lowest BCUT2D eigenvalue weighted by atomic mass is 9.83. The lowest BCUT2D eigenvalue weighted by Gasteiger charge is -2.44. The SMILES string of the molecule is CC(C)c1ncc2c(n1)C1(CCN(Cc3ccc(F)c(F)c3)CC1)OCC2. The van der Waals surface area contributed by atoms with Gasteiger partial charge in [0.25, 0.3) is 0 Å². The summed E-state index contributed by atoms with van der Waals surface area (Å²) in [6.07, 6.45) is 4.51. The van der Waals surface area contributed by atoms with E-state index in [4.69, 9.17) is 9.72 Å². The number of aromatic nitrogens is 2. The average molecular weight is 373 g/mol. The van der Waals surface area contributed by atoms with Crippen molar-refractivity contribution in [3.05, 3.63) is 58.7 Å². The van der Waals surface area contributed by atoms with Crippen LogP contribution in [-0.4, -0.2) is 34.6 Å². The van der Waals surface area contributed by atoms with Crippen molar-refractivity contribution in [1.29, 1.82) is 0 Å². The van der Waals surface area contributed by atoms with E-state index < -0.39 is 11.6 Å². The summed E-state index contributed by atoms with van der Waals surface area (Å²) in [4.78, 5) is 11.7. The van der Waals surface area contributed by atoms with Gasteiger partial charge in [-0.05, 0) is 42.5 Å². The van der Waals surface area contributed by atoms with E-state index >= 15 is 0 Å². The third kappa shape index (κ3) is 3.60. The molecule has 1 fully saturated rings.